The Kier molecular flexibility index (Phi) is 6.22. The summed E-state index contributed by atoms with van der Waals surface area (Å²) in [5.74, 6) is 3.00. The zero-order valence-corrected chi connectivity index (χ0v) is 15.1. The van der Waals surface area contributed by atoms with Crippen LogP contribution in [-0.4, -0.2) is 47.0 Å². The number of thioether (sulfide) groups is 1. The van der Waals surface area contributed by atoms with Gasteiger partial charge in [0.15, 0.2) is 5.96 Å². The van der Waals surface area contributed by atoms with E-state index in [-0.39, 0.29) is 24.0 Å². The van der Waals surface area contributed by atoms with Crippen LogP contribution in [0.2, 0.25) is 0 Å². The van der Waals surface area contributed by atoms with Crippen molar-refractivity contribution in [2.75, 3.05) is 31.1 Å². The van der Waals surface area contributed by atoms with E-state index in [1.54, 1.807) is 0 Å². The van der Waals surface area contributed by atoms with Crippen molar-refractivity contribution in [2.45, 2.75) is 6.42 Å². The number of rotatable bonds is 3. The number of guanidine groups is 1. The predicted octanol–water partition coefficient (Wildman–Crippen LogP) is 2.69. The summed E-state index contributed by atoms with van der Waals surface area (Å²) in [6, 6.07) is 8.37. The zero-order valence-electron chi connectivity index (χ0n) is 11.9. The van der Waals surface area contributed by atoms with Gasteiger partial charge in [0.1, 0.15) is 0 Å². The highest BCUT2D eigenvalue weighted by Gasteiger charge is 2.11. The molecule has 2 heterocycles. The third-order valence-electron chi connectivity index (χ3n) is 3.66. The molecule has 1 aliphatic rings. The van der Waals surface area contributed by atoms with Crippen LogP contribution in [0.4, 0.5) is 0 Å². The standard InChI is InChI=1S/C15H20N4S.HI/c16-15(19-7-9-20-10-8-19)17-6-5-12-11-18-14-4-2-1-3-13(12)14;/h1-4,11,18H,5-10H2,(H2,16,17);1H. The number of aromatic nitrogens is 1. The smallest absolute Gasteiger partial charge is 0.191 e. The second-order valence-corrected chi connectivity index (χ2v) is 6.17. The van der Waals surface area contributed by atoms with Crippen molar-refractivity contribution in [3.63, 3.8) is 0 Å². The first-order valence-corrected chi connectivity index (χ1v) is 8.17. The van der Waals surface area contributed by atoms with E-state index >= 15 is 0 Å². The minimum absolute atomic E-state index is 0. The Morgan fingerprint density at radius 2 is 2.05 bits per heavy atom. The molecule has 0 spiro atoms. The lowest BCUT2D eigenvalue weighted by molar-refractivity contribution is 0.456. The predicted molar refractivity (Wildman–Crippen MR) is 103 cm³/mol. The summed E-state index contributed by atoms with van der Waals surface area (Å²) >= 11 is 1.98. The Hall–Kier alpha value is -0.890. The lowest BCUT2D eigenvalue weighted by Crippen LogP contribution is -2.42. The van der Waals surface area contributed by atoms with Gasteiger partial charge in [0.2, 0.25) is 0 Å². The lowest BCUT2D eigenvalue weighted by atomic mass is 10.1. The molecule has 21 heavy (non-hydrogen) atoms. The molecular formula is C15H21IN4S. The minimum Gasteiger partial charge on any atom is -0.370 e. The van der Waals surface area contributed by atoms with E-state index in [0.29, 0.717) is 5.96 Å². The van der Waals surface area contributed by atoms with E-state index in [4.69, 9.17) is 5.73 Å². The van der Waals surface area contributed by atoms with Gasteiger partial charge >= 0.3 is 0 Å². The van der Waals surface area contributed by atoms with Gasteiger partial charge in [-0.05, 0) is 18.1 Å². The highest BCUT2D eigenvalue weighted by molar-refractivity contribution is 14.0. The molecule has 0 amide bonds. The van der Waals surface area contributed by atoms with Crippen molar-refractivity contribution in [3.05, 3.63) is 36.0 Å². The molecule has 1 aromatic carbocycles. The van der Waals surface area contributed by atoms with Crippen LogP contribution in [0, 0.1) is 0 Å². The fourth-order valence-corrected chi connectivity index (χ4v) is 3.42. The molecule has 0 bridgehead atoms. The summed E-state index contributed by atoms with van der Waals surface area (Å²) in [6.07, 6.45) is 3.00. The molecule has 0 radical (unpaired) electrons. The van der Waals surface area contributed by atoms with Crippen molar-refractivity contribution in [1.29, 1.82) is 0 Å². The average molecular weight is 416 g/mol. The number of hydrogen-bond donors (Lipinski definition) is 2. The Balaban J connectivity index is 0.00000161. The second kappa shape index (κ2) is 7.93. The number of nitrogens with two attached hydrogens (primary N) is 1. The normalized spacial score (nSPS) is 16.0. The molecule has 114 valence electrons. The van der Waals surface area contributed by atoms with Crippen molar-refractivity contribution in [2.24, 2.45) is 10.7 Å². The summed E-state index contributed by atoms with van der Waals surface area (Å²) in [4.78, 5) is 10.0. The third-order valence-corrected chi connectivity index (χ3v) is 4.61. The second-order valence-electron chi connectivity index (χ2n) is 4.95. The molecule has 3 N–H and O–H groups in total. The minimum atomic E-state index is 0. The molecule has 1 fully saturated rings. The molecule has 0 saturated carbocycles. The topological polar surface area (TPSA) is 57.4 Å². The van der Waals surface area contributed by atoms with Gasteiger partial charge in [-0.15, -0.1) is 24.0 Å². The van der Waals surface area contributed by atoms with Crippen LogP contribution in [-0.2, 0) is 6.42 Å². The maximum absolute atomic E-state index is 6.06. The van der Waals surface area contributed by atoms with E-state index in [1.165, 1.54) is 16.5 Å². The number of para-hydroxylation sites is 1. The van der Waals surface area contributed by atoms with Gasteiger partial charge in [-0.3, -0.25) is 4.99 Å². The number of nitrogens with one attached hydrogen (secondary N) is 1. The van der Waals surface area contributed by atoms with Crippen molar-refractivity contribution in [1.82, 2.24) is 9.88 Å². The van der Waals surface area contributed by atoms with Crippen LogP contribution in [0.15, 0.2) is 35.5 Å². The molecule has 4 nitrogen and oxygen atoms in total. The highest BCUT2D eigenvalue weighted by atomic mass is 127. The zero-order chi connectivity index (χ0) is 13.8. The van der Waals surface area contributed by atoms with Crippen LogP contribution in [0.25, 0.3) is 10.9 Å². The van der Waals surface area contributed by atoms with E-state index in [2.05, 4.69) is 39.3 Å². The molecule has 0 unspecified atom stereocenters. The summed E-state index contributed by atoms with van der Waals surface area (Å²) in [5, 5.41) is 1.29. The Morgan fingerprint density at radius 3 is 2.86 bits per heavy atom. The van der Waals surface area contributed by atoms with Crippen molar-refractivity contribution < 1.29 is 0 Å². The molecule has 1 aromatic heterocycles. The maximum Gasteiger partial charge on any atom is 0.191 e. The molecular weight excluding hydrogens is 395 g/mol. The highest BCUT2D eigenvalue weighted by Crippen LogP contribution is 2.18. The van der Waals surface area contributed by atoms with E-state index in [9.17, 15) is 0 Å². The molecule has 1 aliphatic heterocycles. The van der Waals surface area contributed by atoms with Crippen LogP contribution in [0.3, 0.4) is 0 Å². The average Bonchev–Trinajstić information content (AvgIpc) is 2.92. The summed E-state index contributed by atoms with van der Waals surface area (Å²) < 4.78 is 0. The first kappa shape index (κ1) is 16.5. The Labute approximate surface area is 146 Å². The number of aliphatic imine (C=N–C) groups is 1. The van der Waals surface area contributed by atoms with E-state index in [0.717, 1.165) is 37.6 Å². The van der Waals surface area contributed by atoms with Gasteiger partial charge in [-0.1, -0.05) is 18.2 Å². The van der Waals surface area contributed by atoms with Crippen molar-refractivity contribution >= 4 is 52.6 Å². The number of halogens is 1. The number of nitrogens with zero attached hydrogens (tertiary/aromatic N) is 2. The van der Waals surface area contributed by atoms with Crippen molar-refractivity contribution in [3.8, 4) is 0 Å². The fraction of sp³-hybridized carbons (Fsp3) is 0.400. The summed E-state index contributed by atoms with van der Waals surface area (Å²) in [6.45, 7) is 2.79. The summed E-state index contributed by atoms with van der Waals surface area (Å²) in [5.41, 5.74) is 8.56. The van der Waals surface area contributed by atoms with Crippen LogP contribution in [0.1, 0.15) is 5.56 Å². The van der Waals surface area contributed by atoms with E-state index in [1.807, 2.05) is 17.8 Å². The number of fused-ring (bicyclic) bond motifs is 1. The first-order valence-electron chi connectivity index (χ1n) is 7.02. The molecule has 0 atom stereocenters. The quantitative estimate of drug-likeness (QED) is 0.460. The summed E-state index contributed by atoms with van der Waals surface area (Å²) in [7, 11) is 0. The number of hydrogen-bond acceptors (Lipinski definition) is 2. The SMILES string of the molecule is I.NC(=NCCc1c[nH]c2ccccc12)N1CCSCC1. The van der Waals surface area contributed by atoms with Crippen LogP contribution >= 0.6 is 35.7 Å². The lowest BCUT2D eigenvalue weighted by Gasteiger charge is -2.27. The number of aromatic amines is 1. The molecule has 3 rings (SSSR count). The van der Waals surface area contributed by atoms with Gasteiger partial charge in [0, 0.05) is 48.2 Å². The largest absolute Gasteiger partial charge is 0.370 e. The number of benzene rings is 1. The molecule has 6 heteroatoms. The van der Waals surface area contributed by atoms with Gasteiger partial charge < -0.3 is 15.6 Å². The fourth-order valence-electron chi connectivity index (χ4n) is 2.52. The van der Waals surface area contributed by atoms with Gasteiger partial charge in [0.25, 0.3) is 0 Å². The number of H-pyrrole nitrogens is 1. The molecule has 1 saturated heterocycles. The first-order chi connectivity index (χ1) is 9.84. The Morgan fingerprint density at radius 1 is 1.29 bits per heavy atom. The van der Waals surface area contributed by atoms with Gasteiger partial charge in [-0.2, -0.15) is 11.8 Å². The maximum atomic E-state index is 6.06. The molecule has 0 aliphatic carbocycles. The molecule has 2 aromatic rings. The Bertz CT molecular complexity index is 604. The van der Waals surface area contributed by atoms with Gasteiger partial charge in [-0.25, -0.2) is 0 Å². The monoisotopic (exact) mass is 416 g/mol. The van der Waals surface area contributed by atoms with Crippen LogP contribution in [0.5, 0.6) is 0 Å². The third kappa shape index (κ3) is 4.06. The van der Waals surface area contributed by atoms with Crippen LogP contribution < -0.4 is 5.73 Å². The van der Waals surface area contributed by atoms with Gasteiger partial charge in [0.05, 0.1) is 0 Å². The van der Waals surface area contributed by atoms with E-state index < -0.39 is 0 Å².